The van der Waals surface area contributed by atoms with Crippen molar-refractivity contribution in [3.05, 3.63) is 53.5 Å². The number of hydrogen-bond acceptors (Lipinski definition) is 6. The highest BCUT2D eigenvalue weighted by Crippen LogP contribution is 2.27. The molecule has 0 spiro atoms. The van der Waals surface area contributed by atoms with Crippen LogP contribution in [0.1, 0.15) is 49.8 Å². The molecule has 7 heteroatoms. The van der Waals surface area contributed by atoms with Crippen molar-refractivity contribution < 1.29 is 11.0 Å². The second-order valence-electron chi connectivity index (χ2n) is 6.25. The molecule has 1 amide bonds. The lowest BCUT2D eigenvalue weighted by Crippen LogP contribution is -2.39. The van der Waals surface area contributed by atoms with Crippen LogP contribution in [0.5, 0.6) is 0 Å². The van der Waals surface area contributed by atoms with Crippen molar-refractivity contribution in [1.82, 2.24) is 14.9 Å². The van der Waals surface area contributed by atoms with Crippen LogP contribution in [0.2, 0.25) is 0 Å². The second-order valence-corrected chi connectivity index (χ2v) is 7.35. The fraction of sp³-hybridized carbons (Fsp3) is 0.400. The number of hydrogen-bond donors (Lipinski definition) is 1. The molecule has 27 heavy (non-hydrogen) atoms. The summed E-state index contributed by atoms with van der Waals surface area (Å²) in [7, 11) is 0. The summed E-state index contributed by atoms with van der Waals surface area (Å²) in [5.41, 5.74) is 7.11. The molecule has 1 heterocycles. The van der Waals surface area contributed by atoms with Crippen molar-refractivity contribution in [3.8, 4) is 0 Å². The highest BCUT2D eigenvalue weighted by atomic mass is 32.2. The van der Waals surface area contributed by atoms with Gasteiger partial charge in [-0.05, 0) is 20.3 Å². The number of thioether (sulfide) groups is 1. The molecular weight excluding hydrogens is 360 g/mol. The van der Waals surface area contributed by atoms with Crippen molar-refractivity contribution >= 4 is 29.1 Å². The minimum Gasteiger partial charge on any atom is -0.383 e. The van der Waals surface area contributed by atoms with Gasteiger partial charge in [-0.2, -0.15) is 0 Å². The maximum atomic E-state index is 12.7. The molecule has 0 aliphatic rings. The molecule has 0 aliphatic heterocycles. The van der Waals surface area contributed by atoms with E-state index in [4.69, 9.17) is 7.10 Å². The lowest BCUT2D eigenvalue weighted by atomic mass is 10.1. The molecule has 0 bridgehead atoms. The lowest BCUT2D eigenvalue weighted by molar-refractivity contribution is -0.120. The largest absolute Gasteiger partial charge is 0.383 e. The summed E-state index contributed by atoms with van der Waals surface area (Å²) in [4.78, 5) is 34.2. The number of rotatable bonds is 9. The average molecular weight is 388 g/mol. The number of nitrogens with zero attached hydrogens (tertiary/aromatic N) is 3. The Bertz CT molecular complexity index is 821. The smallest absolute Gasteiger partial charge is 0.219 e. The van der Waals surface area contributed by atoms with E-state index in [1.807, 2.05) is 13.0 Å². The summed E-state index contributed by atoms with van der Waals surface area (Å²) < 4.78 is 8.97. The Morgan fingerprint density at radius 3 is 2.70 bits per heavy atom. The third-order valence-corrected chi connectivity index (χ3v) is 5.43. The minimum absolute atomic E-state index is 0.181. The highest BCUT2D eigenvalue weighted by Gasteiger charge is 2.26. The summed E-state index contributed by atoms with van der Waals surface area (Å²) in [5, 5.41) is -1.37. The van der Waals surface area contributed by atoms with Crippen LogP contribution in [0, 0.1) is 6.92 Å². The van der Waals surface area contributed by atoms with Crippen LogP contribution in [0.4, 0.5) is 5.82 Å². The van der Waals surface area contributed by atoms with Gasteiger partial charge in [0.05, 0.1) is 6.54 Å². The molecule has 2 atom stereocenters. The first-order chi connectivity index (χ1) is 13.3. The summed E-state index contributed by atoms with van der Waals surface area (Å²) in [5.74, 6) is 0.863. The van der Waals surface area contributed by atoms with Gasteiger partial charge in [-0.1, -0.05) is 55.4 Å². The standard InChI is InChI=1S/C20H26N4O2S/c1-4-8-18(27-20(26)16-9-6-5-7-10-16)14(2)24(13-25)12-17-11-22-15(3)23-19(17)21/h5-7,9-11,13-14,18H,4,8,12H2,1-3H3,(H2,21,22,23)/i18D. The van der Waals surface area contributed by atoms with Crippen LogP contribution in [0.3, 0.4) is 0 Å². The van der Waals surface area contributed by atoms with E-state index in [1.165, 1.54) is 4.90 Å². The van der Waals surface area contributed by atoms with Crippen LogP contribution < -0.4 is 5.73 Å². The Morgan fingerprint density at radius 1 is 1.41 bits per heavy atom. The maximum Gasteiger partial charge on any atom is 0.219 e. The van der Waals surface area contributed by atoms with Gasteiger partial charge in [0, 0.05) is 30.0 Å². The predicted octanol–water partition coefficient (Wildman–Crippen LogP) is 3.46. The van der Waals surface area contributed by atoms with Crippen LogP contribution >= 0.6 is 11.8 Å². The van der Waals surface area contributed by atoms with Crippen molar-refractivity contribution in [3.63, 3.8) is 0 Å². The molecule has 0 saturated heterocycles. The monoisotopic (exact) mass is 387 g/mol. The van der Waals surface area contributed by atoms with Crippen molar-refractivity contribution in [2.24, 2.45) is 0 Å². The lowest BCUT2D eigenvalue weighted by Gasteiger charge is -2.31. The van der Waals surface area contributed by atoms with E-state index in [2.05, 4.69) is 9.97 Å². The Kier molecular flexibility index (Phi) is 7.21. The van der Waals surface area contributed by atoms with E-state index in [-0.39, 0.29) is 11.7 Å². The SMILES string of the molecule is [2H]C(CCC)(SC(=O)c1ccccc1)C(C)N(C=O)Cc1cnc(C)nc1N. The Hall–Kier alpha value is -2.41. The number of carbonyl (C=O) groups is 2. The summed E-state index contributed by atoms with van der Waals surface area (Å²) in [6.45, 7) is 5.66. The molecule has 2 rings (SSSR count). The molecule has 0 radical (unpaired) electrons. The highest BCUT2D eigenvalue weighted by molar-refractivity contribution is 8.14. The zero-order chi connectivity index (χ0) is 20.7. The number of nitrogen functional groups attached to an aromatic ring is 1. The Labute approximate surface area is 166 Å². The molecule has 2 N–H and O–H groups in total. The van der Waals surface area contributed by atoms with Crippen molar-refractivity contribution in [2.75, 3.05) is 5.73 Å². The van der Waals surface area contributed by atoms with Gasteiger partial charge in [0.1, 0.15) is 11.6 Å². The normalized spacial score (nSPS) is 14.7. The van der Waals surface area contributed by atoms with Crippen LogP contribution in [-0.2, 0) is 11.3 Å². The van der Waals surface area contributed by atoms with Gasteiger partial charge in [-0.15, -0.1) is 0 Å². The van der Waals surface area contributed by atoms with Crippen molar-refractivity contribution in [2.45, 2.75) is 51.4 Å². The third-order valence-electron chi connectivity index (χ3n) is 4.20. The molecule has 6 nitrogen and oxygen atoms in total. The molecule has 0 saturated carbocycles. The van der Waals surface area contributed by atoms with E-state index in [9.17, 15) is 9.59 Å². The maximum absolute atomic E-state index is 12.7. The number of anilines is 1. The van der Waals surface area contributed by atoms with E-state index in [0.29, 0.717) is 42.0 Å². The van der Waals surface area contributed by atoms with Crippen LogP contribution in [0.25, 0.3) is 0 Å². The van der Waals surface area contributed by atoms with Gasteiger partial charge in [-0.25, -0.2) is 9.97 Å². The van der Waals surface area contributed by atoms with Gasteiger partial charge in [-0.3, -0.25) is 9.59 Å². The summed E-state index contributed by atoms with van der Waals surface area (Å²) in [6, 6.07) is 8.36. The summed E-state index contributed by atoms with van der Waals surface area (Å²) >= 11 is 0.958. The Balaban J connectivity index is 2.23. The molecule has 2 unspecified atom stereocenters. The minimum atomic E-state index is -1.19. The zero-order valence-corrected chi connectivity index (χ0v) is 16.7. The fourth-order valence-electron chi connectivity index (χ4n) is 2.63. The molecule has 0 fully saturated rings. The Morgan fingerprint density at radius 2 is 2.11 bits per heavy atom. The number of benzene rings is 1. The van der Waals surface area contributed by atoms with E-state index in [1.54, 1.807) is 44.3 Å². The van der Waals surface area contributed by atoms with Crippen molar-refractivity contribution in [1.29, 1.82) is 0 Å². The molecule has 1 aromatic carbocycles. The molecule has 0 aliphatic carbocycles. The van der Waals surface area contributed by atoms with E-state index >= 15 is 0 Å². The average Bonchev–Trinajstić information content (AvgIpc) is 2.67. The van der Waals surface area contributed by atoms with Gasteiger partial charge >= 0.3 is 0 Å². The van der Waals surface area contributed by atoms with E-state index < -0.39 is 11.3 Å². The topological polar surface area (TPSA) is 89.2 Å². The number of aromatic nitrogens is 2. The number of nitrogens with two attached hydrogens (primary N) is 1. The summed E-state index contributed by atoms with van der Waals surface area (Å²) in [6.07, 6.45) is 3.46. The molecule has 1 aromatic heterocycles. The van der Waals surface area contributed by atoms with E-state index in [0.717, 1.165) is 11.8 Å². The predicted molar refractivity (Wildman–Crippen MR) is 109 cm³/mol. The fourth-order valence-corrected chi connectivity index (χ4v) is 3.73. The number of carbonyl (C=O) groups excluding carboxylic acids is 2. The first-order valence-electron chi connectivity index (χ1n) is 9.38. The molecular formula is C20H26N4O2S. The van der Waals surface area contributed by atoms with Gasteiger partial charge in [0.2, 0.25) is 11.5 Å². The first kappa shape index (κ1) is 19.4. The van der Waals surface area contributed by atoms with Gasteiger partial charge in [0.25, 0.3) is 0 Å². The number of amides is 1. The number of aryl methyl sites for hydroxylation is 1. The quantitative estimate of drug-likeness (QED) is 0.663. The second kappa shape index (κ2) is 10.1. The van der Waals surface area contributed by atoms with Gasteiger partial charge in [0.15, 0.2) is 0 Å². The first-order valence-corrected chi connectivity index (χ1v) is 9.69. The third kappa shape index (κ3) is 5.79. The molecule has 144 valence electrons. The van der Waals surface area contributed by atoms with Gasteiger partial charge < -0.3 is 10.6 Å². The van der Waals surface area contributed by atoms with Crippen LogP contribution in [-0.4, -0.2) is 37.7 Å². The van der Waals surface area contributed by atoms with Crippen LogP contribution in [0.15, 0.2) is 36.5 Å². The zero-order valence-electron chi connectivity index (χ0n) is 16.9. The molecule has 2 aromatic rings.